The molecule has 0 radical (unpaired) electrons. The smallest absolute Gasteiger partial charge is 0.225 e. The largest absolute Gasteiger partial charge is 0.361 e. The Bertz CT molecular complexity index is 476. The molecule has 2 heteroatoms. The lowest BCUT2D eigenvalue weighted by Crippen LogP contribution is -1.98. The summed E-state index contributed by atoms with van der Waals surface area (Å²) in [4.78, 5) is 6.72. The standard InChI is InChI=1S/C12H12N2/c1-9(13-2)7-10-8-14-12-6-4-3-5-11(10)12/h3-6,8-9,14H,7H2,1H3. The van der Waals surface area contributed by atoms with E-state index in [0.29, 0.717) is 0 Å². The van der Waals surface area contributed by atoms with Gasteiger partial charge in [-0.15, -0.1) is 0 Å². The Kier molecular flexibility index (Phi) is 2.24. The van der Waals surface area contributed by atoms with Gasteiger partial charge < -0.3 is 9.83 Å². The van der Waals surface area contributed by atoms with Gasteiger partial charge in [0.1, 0.15) is 0 Å². The summed E-state index contributed by atoms with van der Waals surface area (Å²) >= 11 is 0. The van der Waals surface area contributed by atoms with Crippen molar-refractivity contribution < 1.29 is 0 Å². The summed E-state index contributed by atoms with van der Waals surface area (Å²) in [7, 11) is 0. The van der Waals surface area contributed by atoms with Crippen LogP contribution in [0.3, 0.4) is 0 Å². The minimum Gasteiger partial charge on any atom is -0.361 e. The van der Waals surface area contributed by atoms with Crippen LogP contribution in [0, 0.1) is 6.57 Å². The number of hydrogen-bond acceptors (Lipinski definition) is 0. The molecule has 0 fully saturated rings. The second-order valence-electron chi connectivity index (χ2n) is 3.54. The number of aromatic amines is 1. The van der Waals surface area contributed by atoms with Crippen LogP contribution in [0.5, 0.6) is 0 Å². The predicted molar refractivity (Wildman–Crippen MR) is 58.1 cm³/mol. The summed E-state index contributed by atoms with van der Waals surface area (Å²) < 4.78 is 0. The molecule has 0 aliphatic heterocycles. The Morgan fingerprint density at radius 1 is 1.43 bits per heavy atom. The van der Waals surface area contributed by atoms with Crippen molar-refractivity contribution in [1.29, 1.82) is 0 Å². The third-order valence-corrected chi connectivity index (χ3v) is 2.41. The summed E-state index contributed by atoms with van der Waals surface area (Å²) in [6.07, 6.45) is 2.83. The van der Waals surface area contributed by atoms with Crippen LogP contribution in [0.2, 0.25) is 0 Å². The predicted octanol–water partition coefficient (Wildman–Crippen LogP) is 3.02. The van der Waals surface area contributed by atoms with Crippen molar-refractivity contribution >= 4 is 10.9 Å². The summed E-state index contributed by atoms with van der Waals surface area (Å²) in [5.41, 5.74) is 2.39. The molecule has 1 N–H and O–H groups in total. The van der Waals surface area contributed by atoms with Gasteiger partial charge in [-0.3, -0.25) is 0 Å². The van der Waals surface area contributed by atoms with Gasteiger partial charge in [0.25, 0.3) is 0 Å². The number of aromatic nitrogens is 1. The first-order valence-electron chi connectivity index (χ1n) is 4.73. The first-order valence-corrected chi connectivity index (χ1v) is 4.73. The Labute approximate surface area is 83.4 Å². The summed E-state index contributed by atoms with van der Waals surface area (Å²) in [6, 6.07) is 8.26. The van der Waals surface area contributed by atoms with Gasteiger partial charge in [-0.1, -0.05) is 18.2 Å². The highest BCUT2D eigenvalue weighted by molar-refractivity contribution is 5.83. The minimum atomic E-state index is 0.0641. The van der Waals surface area contributed by atoms with E-state index in [1.165, 1.54) is 10.9 Å². The number of fused-ring (bicyclic) bond motifs is 1. The zero-order chi connectivity index (χ0) is 9.97. The molecule has 1 aromatic carbocycles. The molecular weight excluding hydrogens is 172 g/mol. The van der Waals surface area contributed by atoms with Gasteiger partial charge in [0.2, 0.25) is 6.04 Å². The maximum Gasteiger partial charge on any atom is 0.225 e. The molecule has 0 aliphatic rings. The second kappa shape index (κ2) is 3.55. The van der Waals surface area contributed by atoms with E-state index in [2.05, 4.69) is 22.0 Å². The van der Waals surface area contributed by atoms with Crippen molar-refractivity contribution in [3.05, 3.63) is 47.4 Å². The normalized spacial score (nSPS) is 12.6. The van der Waals surface area contributed by atoms with Crippen molar-refractivity contribution in [3.63, 3.8) is 0 Å². The summed E-state index contributed by atoms with van der Waals surface area (Å²) in [6.45, 7) is 8.89. The molecule has 0 saturated heterocycles. The molecule has 70 valence electrons. The Morgan fingerprint density at radius 2 is 2.21 bits per heavy atom. The van der Waals surface area contributed by atoms with E-state index in [-0.39, 0.29) is 6.04 Å². The van der Waals surface area contributed by atoms with E-state index in [0.717, 1.165) is 11.9 Å². The molecular formula is C12H12N2. The fraction of sp³-hybridized carbons (Fsp3) is 0.250. The van der Waals surface area contributed by atoms with Crippen molar-refractivity contribution in [2.75, 3.05) is 0 Å². The molecule has 1 heterocycles. The van der Waals surface area contributed by atoms with Gasteiger partial charge in [0.05, 0.1) is 0 Å². The average Bonchev–Trinajstić information content (AvgIpc) is 2.62. The first-order chi connectivity index (χ1) is 6.81. The number of rotatable bonds is 2. The number of nitrogens with zero attached hydrogens (tertiary/aromatic N) is 1. The Morgan fingerprint density at radius 3 is 3.00 bits per heavy atom. The molecule has 0 bridgehead atoms. The fourth-order valence-electron chi connectivity index (χ4n) is 1.66. The van der Waals surface area contributed by atoms with Crippen molar-refractivity contribution in [2.45, 2.75) is 19.4 Å². The Hall–Kier alpha value is -1.75. The number of hydrogen-bond donors (Lipinski definition) is 1. The molecule has 0 amide bonds. The van der Waals surface area contributed by atoms with Gasteiger partial charge in [-0.2, -0.15) is 0 Å². The van der Waals surface area contributed by atoms with Gasteiger partial charge in [-0.25, -0.2) is 6.57 Å². The highest BCUT2D eigenvalue weighted by atomic mass is 14.7. The molecule has 2 aromatic rings. The summed E-state index contributed by atoms with van der Waals surface area (Å²) in [5, 5.41) is 1.24. The van der Waals surface area contributed by atoms with E-state index in [9.17, 15) is 0 Å². The van der Waals surface area contributed by atoms with Crippen molar-refractivity contribution in [2.24, 2.45) is 0 Å². The number of para-hydroxylation sites is 1. The molecule has 2 nitrogen and oxygen atoms in total. The molecule has 0 aliphatic carbocycles. The van der Waals surface area contributed by atoms with E-state index < -0.39 is 0 Å². The molecule has 1 unspecified atom stereocenters. The third-order valence-electron chi connectivity index (χ3n) is 2.41. The lowest BCUT2D eigenvalue weighted by atomic mass is 10.1. The quantitative estimate of drug-likeness (QED) is 0.692. The maximum absolute atomic E-state index is 6.93. The molecule has 2 rings (SSSR count). The highest BCUT2D eigenvalue weighted by Crippen LogP contribution is 2.19. The van der Waals surface area contributed by atoms with Gasteiger partial charge in [0.15, 0.2) is 0 Å². The van der Waals surface area contributed by atoms with Crippen molar-refractivity contribution in [3.8, 4) is 0 Å². The van der Waals surface area contributed by atoms with Crippen molar-refractivity contribution in [1.82, 2.24) is 4.98 Å². The number of benzene rings is 1. The SMILES string of the molecule is [C-]#[N+]C(C)Cc1c[nH]c2ccccc12. The average molecular weight is 184 g/mol. The van der Waals surface area contributed by atoms with Crippen LogP contribution >= 0.6 is 0 Å². The lowest BCUT2D eigenvalue weighted by molar-refractivity contribution is 0.850. The first kappa shape index (κ1) is 8.83. The fourth-order valence-corrected chi connectivity index (χ4v) is 1.66. The van der Waals surface area contributed by atoms with Crippen LogP contribution in [0.1, 0.15) is 12.5 Å². The zero-order valence-corrected chi connectivity index (χ0v) is 8.12. The van der Waals surface area contributed by atoms with Gasteiger partial charge >= 0.3 is 0 Å². The summed E-state index contributed by atoms with van der Waals surface area (Å²) in [5.74, 6) is 0. The molecule has 1 atom stereocenters. The van der Waals surface area contributed by atoms with Crippen LogP contribution in [0.4, 0.5) is 0 Å². The third kappa shape index (κ3) is 1.49. The molecule has 1 aromatic heterocycles. The second-order valence-corrected chi connectivity index (χ2v) is 3.54. The van der Waals surface area contributed by atoms with Crippen LogP contribution in [-0.2, 0) is 6.42 Å². The molecule has 14 heavy (non-hydrogen) atoms. The number of nitrogens with one attached hydrogen (secondary N) is 1. The van der Waals surface area contributed by atoms with Gasteiger partial charge in [-0.05, 0) is 11.6 Å². The minimum absolute atomic E-state index is 0.0641. The maximum atomic E-state index is 6.93. The topological polar surface area (TPSA) is 20.1 Å². The zero-order valence-electron chi connectivity index (χ0n) is 8.12. The van der Waals surface area contributed by atoms with Crippen LogP contribution in [0.15, 0.2) is 30.5 Å². The molecule has 0 spiro atoms. The van der Waals surface area contributed by atoms with Crippen LogP contribution in [-0.4, -0.2) is 11.0 Å². The van der Waals surface area contributed by atoms with Crippen LogP contribution in [0.25, 0.3) is 15.7 Å². The van der Waals surface area contributed by atoms with E-state index in [4.69, 9.17) is 6.57 Å². The Balaban J connectivity index is 2.39. The van der Waals surface area contributed by atoms with E-state index in [1.807, 2.05) is 25.3 Å². The van der Waals surface area contributed by atoms with Crippen LogP contribution < -0.4 is 0 Å². The van der Waals surface area contributed by atoms with E-state index >= 15 is 0 Å². The lowest BCUT2D eigenvalue weighted by Gasteiger charge is -1.97. The number of H-pyrrole nitrogens is 1. The van der Waals surface area contributed by atoms with Gasteiger partial charge in [0, 0.05) is 30.4 Å². The monoisotopic (exact) mass is 184 g/mol. The highest BCUT2D eigenvalue weighted by Gasteiger charge is 2.09. The van der Waals surface area contributed by atoms with E-state index in [1.54, 1.807) is 0 Å². The molecule has 0 saturated carbocycles.